The Hall–Kier alpha value is -6.88. The van der Waals surface area contributed by atoms with Crippen molar-refractivity contribution >= 4 is 38.2 Å². The van der Waals surface area contributed by atoms with E-state index in [1.54, 1.807) is 6.07 Å². The van der Waals surface area contributed by atoms with Gasteiger partial charge in [-0.25, -0.2) is 9.97 Å². The Balaban J connectivity index is 0.00000397. The maximum atomic E-state index is 11.2. The van der Waals surface area contributed by atoms with Gasteiger partial charge in [0, 0.05) is 65.5 Å². The third-order valence-corrected chi connectivity index (χ3v) is 12.2. The normalized spacial score (nSPS) is 13.0. The van der Waals surface area contributed by atoms with Crippen LogP contribution in [0, 0.1) is 0 Å². The van der Waals surface area contributed by atoms with E-state index >= 15 is 0 Å². The molecule has 0 amide bonds. The van der Waals surface area contributed by atoms with Crippen LogP contribution in [-0.4, -0.2) is 29.0 Å². The number of hydrogen-bond donors (Lipinski definition) is 1. The molecule has 0 saturated heterocycles. The Morgan fingerprint density at radius 3 is 2.07 bits per heavy atom. The Labute approximate surface area is 354 Å². The molecule has 0 unspecified atom stereocenters. The number of hydrogen-bond acceptors (Lipinski definition) is 4. The molecule has 1 aliphatic carbocycles. The molecule has 1 N–H and O–H groups in total. The van der Waals surface area contributed by atoms with Gasteiger partial charge in [-0.2, -0.15) is 0 Å². The minimum Gasteiger partial charge on any atom is -0.507 e. The fourth-order valence-electron chi connectivity index (χ4n) is 9.65. The Kier molecular flexibility index (Phi) is 7.82. The van der Waals surface area contributed by atoms with Crippen LogP contribution in [-0.2, 0) is 26.5 Å². The van der Waals surface area contributed by atoms with Crippen molar-refractivity contribution in [1.29, 1.82) is 0 Å². The summed E-state index contributed by atoms with van der Waals surface area (Å²) in [7, 11) is 0. The van der Waals surface area contributed by atoms with Crippen molar-refractivity contribution in [2.45, 2.75) is 19.3 Å². The van der Waals surface area contributed by atoms with E-state index in [1.807, 2.05) is 42.5 Å². The van der Waals surface area contributed by atoms with Gasteiger partial charge in [-0.3, -0.25) is 9.55 Å². The van der Waals surface area contributed by atoms with Crippen molar-refractivity contribution in [3.05, 3.63) is 181 Å². The second kappa shape index (κ2) is 13.1. The van der Waals surface area contributed by atoms with Gasteiger partial charge in [-0.05, 0) is 65.2 Å². The van der Waals surface area contributed by atoms with Crippen LogP contribution in [0.2, 0.25) is 0 Å². The van der Waals surface area contributed by atoms with Crippen LogP contribution in [0.3, 0.4) is 0 Å². The van der Waals surface area contributed by atoms with Crippen molar-refractivity contribution in [3.63, 3.8) is 0 Å². The number of phenolic OH excluding ortho intramolecular Hbond substituents is 1. The Morgan fingerprint density at radius 1 is 0.542 bits per heavy atom. The first-order chi connectivity index (χ1) is 28.5. The average Bonchev–Trinajstić information content (AvgIpc) is 3.99. The molecule has 12 rings (SSSR count). The van der Waals surface area contributed by atoms with Crippen molar-refractivity contribution in [2.24, 2.45) is 0 Å². The van der Waals surface area contributed by atoms with E-state index in [9.17, 15) is 5.11 Å². The van der Waals surface area contributed by atoms with Gasteiger partial charge in [0.1, 0.15) is 11.6 Å². The maximum Gasteiger partial charge on any atom is 0.149 e. The molecule has 0 aliphatic heterocycles. The van der Waals surface area contributed by atoms with Crippen LogP contribution in [0.5, 0.6) is 5.75 Å². The smallest absolute Gasteiger partial charge is 0.149 e. The quantitative estimate of drug-likeness (QED) is 0.187. The molecular formula is C52H35N5OPt. The number of aromatic hydroxyl groups is 1. The topological polar surface area (TPSA) is 68.2 Å². The monoisotopic (exact) mass is 940 g/mol. The summed E-state index contributed by atoms with van der Waals surface area (Å²) in [6.45, 7) is 4.65. The molecule has 0 atom stereocenters. The summed E-state index contributed by atoms with van der Waals surface area (Å²) in [5.74, 6) is 0.817. The maximum absolute atomic E-state index is 11.2. The van der Waals surface area contributed by atoms with E-state index in [0.717, 1.165) is 50.5 Å². The van der Waals surface area contributed by atoms with E-state index in [-0.39, 0.29) is 32.2 Å². The molecule has 1 aliphatic rings. The second-order valence-corrected chi connectivity index (χ2v) is 15.8. The van der Waals surface area contributed by atoms with Crippen molar-refractivity contribution in [1.82, 2.24) is 23.9 Å². The van der Waals surface area contributed by atoms with Gasteiger partial charge in [-0.15, -0.1) is 0 Å². The first-order valence-electron chi connectivity index (χ1n) is 19.7. The fraction of sp³-hybridized carbons (Fsp3) is 0.0577. The number of pyridine rings is 2. The molecule has 5 heterocycles. The second-order valence-electron chi connectivity index (χ2n) is 15.8. The van der Waals surface area contributed by atoms with E-state index in [0.29, 0.717) is 11.4 Å². The average molecular weight is 941 g/mol. The van der Waals surface area contributed by atoms with Crippen LogP contribution in [0.15, 0.2) is 170 Å². The molecule has 59 heavy (non-hydrogen) atoms. The number of aromatic nitrogens is 5. The third kappa shape index (κ3) is 5.00. The van der Waals surface area contributed by atoms with Gasteiger partial charge in [0.25, 0.3) is 0 Å². The molecule has 11 aromatic rings. The van der Waals surface area contributed by atoms with Crippen molar-refractivity contribution in [2.75, 3.05) is 0 Å². The number of fused-ring (bicyclic) bond motifs is 9. The standard InChI is InChI=1S/C52H35N5O.Pt/c1-52(2)39-30-53-42(29-38(39)50-47(52)37-22-12-20-34-33-18-7-10-26-44(33)57(50)49(34)37)41-24-14-23-40(54-41)35-21-13-27-45-48(35)55-51(36-19-8-11-28-46(36)58)56(45)43-25-9-6-17-32(43)31-15-4-3-5-16-31;/h3-30,58H,1-2H3;. The van der Waals surface area contributed by atoms with Gasteiger partial charge in [0.15, 0.2) is 0 Å². The van der Waals surface area contributed by atoms with Gasteiger partial charge in [-0.1, -0.05) is 129 Å². The Morgan fingerprint density at radius 2 is 1.20 bits per heavy atom. The SMILES string of the molecule is CC1(C)c2cnc(-c3cccc(-c4cccc5c4nc(-c4ccccc4O)n5-c4ccccc4-c4ccccc4)n3)cc2-c2c1c1cccc3c4ccccc4n2c13.[Pt]. The number of phenols is 1. The summed E-state index contributed by atoms with van der Waals surface area (Å²) in [4.78, 5) is 15.7. The number of nitrogens with zero attached hydrogens (tertiary/aromatic N) is 5. The van der Waals surface area contributed by atoms with Crippen LogP contribution in [0.25, 0.3) is 100 Å². The number of rotatable bonds is 5. The zero-order valence-electron chi connectivity index (χ0n) is 32.2. The predicted octanol–water partition coefficient (Wildman–Crippen LogP) is 12.5. The summed E-state index contributed by atoms with van der Waals surface area (Å²) in [6.07, 6.45) is 2.06. The molecule has 0 spiro atoms. The van der Waals surface area contributed by atoms with Crippen LogP contribution in [0.4, 0.5) is 0 Å². The Bertz CT molecular complexity index is 3450. The molecule has 7 heteroatoms. The molecular weight excluding hydrogens is 906 g/mol. The largest absolute Gasteiger partial charge is 0.507 e. The molecule has 284 valence electrons. The van der Waals surface area contributed by atoms with Gasteiger partial charge in [0.05, 0.1) is 56.1 Å². The summed E-state index contributed by atoms with van der Waals surface area (Å²) in [5.41, 5.74) is 16.1. The van der Waals surface area contributed by atoms with Gasteiger partial charge >= 0.3 is 0 Å². The molecule has 0 bridgehead atoms. The van der Waals surface area contributed by atoms with E-state index in [1.165, 1.54) is 49.6 Å². The summed E-state index contributed by atoms with van der Waals surface area (Å²) >= 11 is 0. The van der Waals surface area contributed by atoms with E-state index in [4.69, 9.17) is 15.0 Å². The van der Waals surface area contributed by atoms with Crippen molar-refractivity contribution < 1.29 is 26.2 Å². The summed E-state index contributed by atoms with van der Waals surface area (Å²) < 4.78 is 4.64. The number of imidazole rings is 1. The van der Waals surface area contributed by atoms with E-state index in [2.05, 4.69) is 144 Å². The molecule has 6 aromatic carbocycles. The van der Waals surface area contributed by atoms with Gasteiger partial charge in [0.2, 0.25) is 0 Å². The third-order valence-electron chi connectivity index (χ3n) is 12.2. The van der Waals surface area contributed by atoms with Crippen LogP contribution >= 0.6 is 0 Å². The predicted molar refractivity (Wildman–Crippen MR) is 235 cm³/mol. The number of para-hydroxylation sites is 5. The zero-order chi connectivity index (χ0) is 38.7. The zero-order valence-corrected chi connectivity index (χ0v) is 34.4. The molecule has 0 saturated carbocycles. The molecule has 0 radical (unpaired) electrons. The van der Waals surface area contributed by atoms with Crippen LogP contribution < -0.4 is 0 Å². The molecule has 6 nitrogen and oxygen atoms in total. The molecule has 5 aromatic heterocycles. The van der Waals surface area contributed by atoms with Crippen LogP contribution in [0.1, 0.15) is 25.0 Å². The van der Waals surface area contributed by atoms with Gasteiger partial charge < -0.3 is 9.51 Å². The minimum atomic E-state index is -0.224. The summed E-state index contributed by atoms with van der Waals surface area (Å²) in [6, 6.07) is 56.2. The summed E-state index contributed by atoms with van der Waals surface area (Å²) in [5, 5.41) is 15.1. The first kappa shape index (κ1) is 35.3. The first-order valence-corrected chi connectivity index (χ1v) is 19.7. The minimum absolute atomic E-state index is 0. The molecule has 0 fully saturated rings. The fourth-order valence-corrected chi connectivity index (χ4v) is 9.65. The van der Waals surface area contributed by atoms with E-state index < -0.39 is 0 Å². The van der Waals surface area contributed by atoms with Crippen molar-refractivity contribution in [3.8, 4) is 67.9 Å². The number of benzene rings is 6.